The summed E-state index contributed by atoms with van der Waals surface area (Å²) in [6, 6.07) is 11.1. The summed E-state index contributed by atoms with van der Waals surface area (Å²) < 4.78 is 27.0. The van der Waals surface area contributed by atoms with E-state index < -0.39 is 16.1 Å². The van der Waals surface area contributed by atoms with Gasteiger partial charge in [-0.3, -0.25) is 0 Å². The third-order valence-corrected chi connectivity index (χ3v) is 6.41. The van der Waals surface area contributed by atoms with Gasteiger partial charge in [0.15, 0.2) is 0 Å². The van der Waals surface area contributed by atoms with Crippen LogP contribution in [0.4, 0.5) is 4.79 Å². The third-order valence-electron chi connectivity index (χ3n) is 4.84. The number of sulfonamides is 1. The fourth-order valence-corrected chi connectivity index (χ4v) is 4.34. The number of nitrogens with two attached hydrogens (primary N) is 1. The monoisotopic (exact) mass is 451 g/mol. The molecule has 0 heterocycles. The summed E-state index contributed by atoms with van der Waals surface area (Å²) in [7, 11) is -3.96. The van der Waals surface area contributed by atoms with E-state index in [0.29, 0.717) is 24.4 Å². The standard InChI is InChI=1S/C22H30ClN3O3S/c1-3-5-6-17-11-18(13-19(23)12-17)14-20(4-2)25-22(27)26-30(28,29)21-9-7-16(15-24)8-10-21/h7-13,20H,3-6,14-15,24H2,1-2H3,(H2,25,26,27). The van der Waals surface area contributed by atoms with E-state index in [1.807, 2.05) is 19.1 Å². The van der Waals surface area contributed by atoms with E-state index in [-0.39, 0.29) is 10.9 Å². The maximum atomic E-state index is 12.4. The minimum absolute atomic E-state index is 0.0123. The first-order valence-electron chi connectivity index (χ1n) is 10.2. The highest BCUT2D eigenvalue weighted by Crippen LogP contribution is 2.19. The van der Waals surface area contributed by atoms with Crippen LogP contribution in [-0.4, -0.2) is 20.5 Å². The van der Waals surface area contributed by atoms with Crippen LogP contribution in [0.3, 0.4) is 0 Å². The Hall–Kier alpha value is -2.09. The van der Waals surface area contributed by atoms with E-state index in [4.69, 9.17) is 17.3 Å². The van der Waals surface area contributed by atoms with Crippen LogP contribution in [0.25, 0.3) is 0 Å². The number of unbranched alkanes of at least 4 members (excludes halogenated alkanes) is 1. The fraction of sp³-hybridized carbons (Fsp3) is 0.409. The van der Waals surface area contributed by atoms with Crippen molar-refractivity contribution in [2.45, 2.75) is 63.4 Å². The molecule has 1 unspecified atom stereocenters. The average molecular weight is 452 g/mol. The zero-order valence-corrected chi connectivity index (χ0v) is 19.0. The first kappa shape index (κ1) is 24.2. The minimum Gasteiger partial charge on any atom is -0.334 e. The van der Waals surface area contributed by atoms with Crippen molar-refractivity contribution in [3.05, 3.63) is 64.2 Å². The Morgan fingerprint density at radius 2 is 1.73 bits per heavy atom. The molecule has 2 aromatic carbocycles. The SMILES string of the molecule is CCCCc1cc(Cl)cc(CC(CC)NC(=O)NS(=O)(=O)c2ccc(CN)cc2)c1. The maximum Gasteiger partial charge on any atom is 0.328 e. The van der Waals surface area contributed by atoms with Gasteiger partial charge in [0.05, 0.1) is 4.90 Å². The van der Waals surface area contributed by atoms with Crippen LogP contribution in [-0.2, 0) is 29.4 Å². The van der Waals surface area contributed by atoms with E-state index in [0.717, 1.165) is 30.4 Å². The number of rotatable bonds is 10. The number of aryl methyl sites for hydroxylation is 1. The van der Waals surface area contributed by atoms with Gasteiger partial charge in [-0.1, -0.05) is 50.1 Å². The van der Waals surface area contributed by atoms with Gasteiger partial charge in [0.25, 0.3) is 10.0 Å². The number of carbonyl (C=O) groups excluding carboxylic acids is 1. The summed E-state index contributed by atoms with van der Waals surface area (Å²) in [5, 5.41) is 3.42. The molecule has 8 heteroatoms. The summed E-state index contributed by atoms with van der Waals surface area (Å²) in [5.41, 5.74) is 8.52. The van der Waals surface area contributed by atoms with Crippen LogP contribution in [0, 0.1) is 0 Å². The molecule has 2 aromatic rings. The van der Waals surface area contributed by atoms with Gasteiger partial charge in [0, 0.05) is 17.6 Å². The lowest BCUT2D eigenvalue weighted by atomic mass is 10.00. The second-order valence-corrected chi connectivity index (χ2v) is 9.43. The van der Waals surface area contributed by atoms with Gasteiger partial charge < -0.3 is 11.1 Å². The predicted molar refractivity (Wildman–Crippen MR) is 121 cm³/mol. The molecule has 1 atom stereocenters. The predicted octanol–water partition coefficient (Wildman–Crippen LogP) is 4.15. The van der Waals surface area contributed by atoms with Gasteiger partial charge in [-0.05, 0) is 66.6 Å². The largest absolute Gasteiger partial charge is 0.334 e. The maximum absolute atomic E-state index is 12.4. The minimum atomic E-state index is -3.96. The van der Waals surface area contributed by atoms with Crippen LogP contribution in [0.1, 0.15) is 49.8 Å². The van der Waals surface area contributed by atoms with E-state index in [9.17, 15) is 13.2 Å². The first-order valence-corrected chi connectivity index (χ1v) is 12.0. The van der Waals surface area contributed by atoms with E-state index in [1.54, 1.807) is 12.1 Å². The van der Waals surface area contributed by atoms with Crippen molar-refractivity contribution in [1.82, 2.24) is 10.0 Å². The highest BCUT2D eigenvalue weighted by molar-refractivity contribution is 7.90. The highest BCUT2D eigenvalue weighted by atomic mass is 35.5. The zero-order chi connectivity index (χ0) is 22.1. The second-order valence-electron chi connectivity index (χ2n) is 7.31. The van der Waals surface area contributed by atoms with Crippen molar-refractivity contribution in [1.29, 1.82) is 0 Å². The van der Waals surface area contributed by atoms with Crippen LogP contribution >= 0.6 is 11.6 Å². The Morgan fingerprint density at radius 1 is 1.07 bits per heavy atom. The van der Waals surface area contributed by atoms with Crippen molar-refractivity contribution in [3.63, 3.8) is 0 Å². The molecule has 0 bridgehead atoms. The molecule has 2 rings (SSSR count). The Balaban J connectivity index is 2.02. The molecule has 0 aliphatic carbocycles. The second kappa shape index (κ2) is 11.3. The third kappa shape index (κ3) is 7.31. The molecule has 0 fully saturated rings. The molecule has 0 radical (unpaired) electrons. The lowest BCUT2D eigenvalue weighted by Gasteiger charge is -2.18. The van der Waals surface area contributed by atoms with Crippen molar-refractivity contribution < 1.29 is 13.2 Å². The van der Waals surface area contributed by atoms with Gasteiger partial charge in [-0.25, -0.2) is 17.9 Å². The number of carbonyl (C=O) groups is 1. The van der Waals surface area contributed by atoms with Crippen LogP contribution in [0.5, 0.6) is 0 Å². The summed E-state index contributed by atoms with van der Waals surface area (Å²) >= 11 is 6.25. The fourth-order valence-electron chi connectivity index (χ4n) is 3.14. The molecule has 2 amide bonds. The summed E-state index contributed by atoms with van der Waals surface area (Å²) in [4.78, 5) is 12.4. The van der Waals surface area contributed by atoms with Gasteiger partial charge in [-0.15, -0.1) is 0 Å². The lowest BCUT2D eigenvalue weighted by Crippen LogP contribution is -2.45. The van der Waals surface area contributed by atoms with Gasteiger partial charge in [-0.2, -0.15) is 0 Å². The number of halogens is 1. The Labute approximate surface area is 184 Å². The smallest absolute Gasteiger partial charge is 0.328 e. The van der Waals surface area contributed by atoms with Crippen molar-refractivity contribution >= 4 is 27.7 Å². The molecule has 0 saturated heterocycles. The van der Waals surface area contributed by atoms with Gasteiger partial charge >= 0.3 is 6.03 Å². The molecule has 30 heavy (non-hydrogen) atoms. The van der Waals surface area contributed by atoms with E-state index >= 15 is 0 Å². The van der Waals surface area contributed by atoms with Crippen LogP contribution in [0.2, 0.25) is 5.02 Å². The molecule has 4 N–H and O–H groups in total. The Kier molecular flexibility index (Phi) is 9.14. The summed E-state index contributed by atoms with van der Waals surface area (Å²) in [6.45, 7) is 4.39. The molecule has 0 aromatic heterocycles. The van der Waals surface area contributed by atoms with E-state index in [1.165, 1.54) is 17.7 Å². The van der Waals surface area contributed by atoms with Crippen molar-refractivity contribution in [2.75, 3.05) is 0 Å². The van der Waals surface area contributed by atoms with Gasteiger partial charge in [0.1, 0.15) is 0 Å². The number of hydrogen-bond donors (Lipinski definition) is 3. The van der Waals surface area contributed by atoms with Crippen LogP contribution < -0.4 is 15.8 Å². The number of hydrogen-bond acceptors (Lipinski definition) is 4. The highest BCUT2D eigenvalue weighted by Gasteiger charge is 2.20. The molecule has 164 valence electrons. The summed E-state index contributed by atoms with van der Waals surface area (Å²) in [6.07, 6.45) is 4.35. The average Bonchev–Trinajstić information content (AvgIpc) is 2.71. The molecule has 0 spiro atoms. The normalized spacial score (nSPS) is 12.4. The molecule has 0 aliphatic rings. The topological polar surface area (TPSA) is 101 Å². The van der Waals surface area contributed by atoms with Gasteiger partial charge in [0.2, 0.25) is 0 Å². The Bertz CT molecular complexity index is 947. The van der Waals surface area contributed by atoms with Crippen LogP contribution in [0.15, 0.2) is 47.4 Å². The molecular formula is C22H30ClN3O3S. The molecule has 6 nitrogen and oxygen atoms in total. The van der Waals surface area contributed by atoms with Crippen molar-refractivity contribution in [2.24, 2.45) is 5.73 Å². The molecular weight excluding hydrogens is 422 g/mol. The number of nitrogens with one attached hydrogen (secondary N) is 2. The zero-order valence-electron chi connectivity index (χ0n) is 17.4. The number of benzene rings is 2. The number of amides is 2. The molecule has 0 aliphatic heterocycles. The van der Waals surface area contributed by atoms with E-state index in [2.05, 4.69) is 23.0 Å². The molecule has 0 saturated carbocycles. The van der Waals surface area contributed by atoms with Crippen molar-refractivity contribution in [3.8, 4) is 0 Å². The first-order chi connectivity index (χ1) is 14.3. The summed E-state index contributed by atoms with van der Waals surface area (Å²) in [5.74, 6) is 0. The number of urea groups is 1. The Morgan fingerprint density at radius 3 is 2.33 bits per heavy atom. The lowest BCUT2D eigenvalue weighted by molar-refractivity contribution is 0.241. The quantitative estimate of drug-likeness (QED) is 0.505.